The molecule has 0 saturated heterocycles. The minimum absolute atomic E-state index is 0.647. The van der Waals surface area contributed by atoms with Crippen molar-refractivity contribution in [2.45, 2.75) is 20.4 Å². The van der Waals surface area contributed by atoms with Gasteiger partial charge in [0.05, 0.1) is 5.02 Å². The second kappa shape index (κ2) is 6.27. The van der Waals surface area contributed by atoms with Gasteiger partial charge in [0.25, 0.3) is 0 Å². The number of hydrogen-bond donors (Lipinski definition) is 1. The van der Waals surface area contributed by atoms with Gasteiger partial charge < -0.3 is 5.32 Å². The van der Waals surface area contributed by atoms with Crippen molar-refractivity contribution in [1.82, 2.24) is 15.3 Å². The Hall–Kier alpha value is -0.970. The molecule has 18 heavy (non-hydrogen) atoms. The van der Waals surface area contributed by atoms with Crippen molar-refractivity contribution < 1.29 is 0 Å². The monoisotopic (exact) mass is 281 g/mol. The van der Waals surface area contributed by atoms with E-state index in [1.807, 2.05) is 18.3 Å². The van der Waals surface area contributed by atoms with Gasteiger partial charge in [0, 0.05) is 23.8 Å². The molecule has 0 unspecified atom stereocenters. The molecule has 3 nitrogen and oxygen atoms in total. The number of nitrogens with one attached hydrogen (secondary N) is 1. The van der Waals surface area contributed by atoms with Crippen molar-refractivity contribution in [3.63, 3.8) is 0 Å². The van der Waals surface area contributed by atoms with Crippen molar-refractivity contribution in [2.75, 3.05) is 6.54 Å². The molecule has 0 spiro atoms. The lowest BCUT2D eigenvalue weighted by atomic mass is 10.2. The normalized spacial score (nSPS) is 11.1. The van der Waals surface area contributed by atoms with E-state index >= 15 is 0 Å². The van der Waals surface area contributed by atoms with E-state index < -0.39 is 0 Å². The zero-order valence-corrected chi connectivity index (χ0v) is 12.1. The van der Waals surface area contributed by atoms with Crippen molar-refractivity contribution >= 4 is 22.9 Å². The third-order valence-electron chi connectivity index (χ3n) is 2.37. The van der Waals surface area contributed by atoms with Gasteiger partial charge in [0.2, 0.25) is 0 Å². The van der Waals surface area contributed by atoms with E-state index in [-0.39, 0.29) is 0 Å². The second-order valence-corrected chi connectivity index (χ2v) is 6.01. The molecule has 0 saturated carbocycles. The molecule has 2 aromatic heterocycles. The number of pyridine rings is 1. The van der Waals surface area contributed by atoms with Crippen LogP contribution in [0.2, 0.25) is 5.02 Å². The van der Waals surface area contributed by atoms with Crippen LogP contribution in [0.15, 0.2) is 24.5 Å². The molecule has 0 aromatic carbocycles. The molecule has 96 valence electrons. The summed E-state index contributed by atoms with van der Waals surface area (Å²) in [6.07, 6.45) is 3.62. The molecule has 2 heterocycles. The Labute approximate surface area is 116 Å². The first-order chi connectivity index (χ1) is 8.66. The molecule has 0 aliphatic carbocycles. The standard InChI is InChI=1S/C13H16ClN3S/c1-9(2)6-15-7-10-8-17-13(18-10)12-11(14)4-3-5-16-12/h3-5,8-9,15H,6-7H2,1-2H3. The van der Waals surface area contributed by atoms with Gasteiger partial charge in [-0.05, 0) is 24.6 Å². The van der Waals surface area contributed by atoms with Gasteiger partial charge >= 0.3 is 0 Å². The maximum absolute atomic E-state index is 6.10. The summed E-state index contributed by atoms with van der Waals surface area (Å²) in [6.45, 7) is 6.25. The SMILES string of the molecule is CC(C)CNCc1cnc(-c2ncccc2Cl)s1. The second-order valence-electron chi connectivity index (χ2n) is 4.49. The summed E-state index contributed by atoms with van der Waals surface area (Å²) in [5.74, 6) is 0.655. The Kier molecular flexibility index (Phi) is 4.69. The van der Waals surface area contributed by atoms with Crippen LogP contribution in [-0.2, 0) is 6.54 Å². The van der Waals surface area contributed by atoms with Crippen LogP contribution in [0.5, 0.6) is 0 Å². The predicted molar refractivity (Wildman–Crippen MR) is 76.9 cm³/mol. The third kappa shape index (κ3) is 3.51. The molecule has 0 atom stereocenters. The smallest absolute Gasteiger partial charge is 0.143 e. The van der Waals surface area contributed by atoms with Gasteiger partial charge in [-0.15, -0.1) is 11.3 Å². The van der Waals surface area contributed by atoms with E-state index in [1.54, 1.807) is 17.5 Å². The Morgan fingerprint density at radius 1 is 1.39 bits per heavy atom. The molecular weight excluding hydrogens is 266 g/mol. The van der Waals surface area contributed by atoms with E-state index in [1.165, 1.54) is 4.88 Å². The van der Waals surface area contributed by atoms with E-state index in [9.17, 15) is 0 Å². The minimum Gasteiger partial charge on any atom is -0.312 e. The van der Waals surface area contributed by atoms with Crippen molar-refractivity contribution in [2.24, 2.45) is 5.92 Å². The number of hydrogen-bond acceptors (Lipinski definition) is 4. The van der Waals surface area contributed by atoms with E-state index in [2.05, 4.69) is 29.1 Å². The largest absolute Gasteiger partial charge is 0.312 e. The van der Waals surface area contributed by atoms with Crippen LogP contribution in [0.25, 0.3) is 10.7 Å². The fraction of sp³-hybridized carbons (Fsp3) is 0.385. The van der Waals surface area contributed by atoms with Crippen LogP contribution in [0.1, 0.15) is 18.7 Å². The molecule has 2 aromatic rings. The summed E-state index contributed by atoms with van der Waals surface area (Å²) in [5.41, 5.74) is 0.763. The highest BCUT2D eigenvalue weighted by Gasteiger charge is 2.09. The first kappa shape index (κ1) is 13.5. The summed E-state index contributed by atoms with van der Waals surface area (Å²) >= 11 is 7.73. The lowest BCUT2D eigenvalue weighted by Gasteiger charge is -2.04. The van der Waals surface area contributed by atoms with Gasteiger partial charge in [0.1, 0.15) is 10.7 Å². The number of halogens is 1. The summed E-state index contributed by atoms with van der Waals surface area (Å²) < 4.78 is 0. The highest BCUT2D eigenvalue weighted by atomic mass is 35.5. The average Bonchev–Trinajstić information content (AvgIpc) is 2.78. The molecule has 2 rings (SSSR count). The minimum atomic E-state index is 0.647. The lowest BCUT2D eigenvalue weighted by Crippen LogP contribution is -2.18. The lowest BCUT2D eigenvalue weighted by molar-refractivity contribution is 0.554. The molecule has 0 aliphatic heterocycles. The summed E-state index contributed by atoms with van der Waals surface area (Å²) in [6, 6.07) is 3.66. The first-order valence-corrected chi connectivity index (χ1v) is 7.12. The zero-order chi connectivity index (χ0) is 13.0. The van der Waals surface area contributed by atoms with Crippen molar-refractivity contribution in [3.05, 3.63) is 34.4 Å². The van der Waals surface area contributed by atoms with Gasteiger partial charge in [-0.2, -0.15) is 0 Å². The topological polar surface area (TPSA) is 37.8 Å². The molecule has 0 amide bonds. The molecule has 0 fully saturated rings. The van der Waals surface area contributed by atoms with Crippen LogP contribution in [0.3, 0.4) is 0 Å². The van der Waals surface area contributed by atoms with E-state index in [4.69, 9.17) is 11.6 Å². The van der Waals surface area contributed by atoms with Gasteiger partial charge in [0.15, 0.2) is 0 Å². The van der Waals surface area contributed by atoms with Crippen LogP contribution in [0, 0.1) is 5.92 Å². The fourth-order valence-electron chi connectivity index (χ4n) is 1.53. The molecule has 0 bridgehead atoms. The maximum Gasteiger partial charge on any atom is 0.143 e. The average molecular weight is 282 g/mol. The quantitative estimate of drug-likeness (QED) is 0.910. The van der Waals surface area contributed by atoms with Gasteiger partial charge in [-0.25, -0.2) is 4.98 Å². The first-order valence-electron chi connectivity index (χ1n) is 5.93. The van der Waals surface area contributed by atoms with E-state index in [0.29, 0.717) is 10.9 Å². The van der Waals surface area contributed by atoms with Crippen LogP contribution in [-0.4, -0.2) is 16.5 Å². The highest BCUT2D eigenvalue weighted by molar-refractivity contribution is 7.15. The summed E-state index contributed by atoms with van der Waals surface area (Å²) in [7, 11) is 0. The molecule has 0 aliphatic rings. The van der Waals surface area contributed by atoms with Crippen molar-refractivity contribution in [1.29, 1.82) is 0 Å². The predicted octanol–water partition coefficient (Wildman–Crippen LogP) is 3.60. The Morgan fingerprint density at radius 3 is 2.94 bits per heavy atom. The number of rotatable bonds is 5. The number of nitrogens with zero attached hydrogens (tertiary/aromatic N) is 2. The Balaban J connectivity index is 2.04. The zero-order valence-electron chi connectivity index (χ0n) is 10.5. The van der Waals surface area contributed by atoms with Crippen LogP contribution in [0.4, 0.5) is 0 Å². The maximum atomic E-state index is 6.10. The summed E-state index contributed by atoms with van der Waals surface area (Å²) in [4.78, 5) is 9.84. The Morgan fingerprint density at radius 2 is 2.22 bits per heavy atom. The third-order valence-corrected chi connectivity index (χ3v) is 3.68. The van der Waals surface area contributed by atoms with Crippen LogP contribution >= 0.6 is 22.9 Å². The molecule has 1 N–H and O–H groups in total. The van der Waals surface area contributed by atoms with Gasteiger partial charge in [-0.1, -0.05) is 25.4 Å². The van der Waals surface area contributed by atoms with Crippen LogP contribution < -0.4 is 5.32 Å². The molecule has 5 heteroatoms. The van der Waals surface area contributed by atoms with E-state index in [0.717, 1.165) is 23.8 Å². The molecular formula is C13H16ClN3S. The fourth-order valence-corrected chi connectivity index (χ4v) is 2.69. The molecule has 0 radical (unpaired) electrons. The highest BCUT2D eigenvalue weighted by Crippen LogP contribution is 2.28. The van der Waals surface area contributed by atoms with Crippen molar-refractivity contribution in [3.8, 4) is 10.7 Å². The summed E-state index contributed by atoms with van der Waals surface area (Å²) in [5, 5.41) is 4.92. The number of aromatic nitrogens is 2. The van der Waals surface area contributed by atoms with Gasteiger partial charge in [-0.3, -0.25) is 4.98 Å². The number of thiazole rings is 1. The Bertz CT molecular complexity index is 510.